The number of amides is 1. The molecule has 1 fully saturated rings. The van der Waals surface area contributed by atoms with Gasteiger partial charge in [-0.15, -0.1) is 0 Å². The molecule has 3 N–H and O–H groups in total. The molecule has 0 aromatic heterocycles. The van der Waals surface area contributed by atoms with E-state index in [2.05, 4.69) is 5.32 Å². The molecule has 0 radical (unpaired) electrons. The van der Waals surface area contributed by atoms with Gasteiger partial charge in [0.1, 0.15) is 6.10 Å². The van der Waals surface area contributed by atoms with Gasteiger partial charge in [0.05, 0.1) is 12.1 Å². The van der Waals surface area contributed by atoms with Gasteiger partial charge in [-0.25, -0.2) is 0 Å². The molecule has 0 aromatic rings. The van der Waals surface area contributed by atoms with Crippen LogP contribution in [0.5, 0.6) is 0 Å². The summed E-state index contributed by atoms with van der Waals surface area (Å²) in [6.07, 6.45) is -1.89. The third-order valence-corrected chi connectivity index (χ3v) is 2.11. The van der Waals surface area contributed by atoms with E-state index < -0.39 is 24.5 Å². The second kappa shape index (κ2) is 4.04. The Balaban J connectivity index is 2.55. The monoisotopic (exact) mass is 189 g/mol. The van der Waals surface area contributed by atoms with Crippen LogP contribution in [-0.4, -0.2) is 40.7 Å². The Morgan fingerprint density at radius 1 is 1.54 bits per heavy atom. The zero-order valence-electron chi connectivity index (χ0n) is 7.73. The van der Waals surface area contributed by atoms with E-state index in [0.29, 0.717) is 0 Å². The first-order chi connectivity index (χ1) is 6.00. The summed E-state index contributed by atoms with van der Waals surface area (Å²) in [4.78, 5) is 10.7. The largest absolute Gasteiger partial charge is 0.388 e. The van der Waals surface area contributed by atoms with E-state index in [4.69, 9.17) is 4.74 Å². The van der Waals surface area contributed by atoms with Crippen molar-refractivity contribution in [1.82, 2.24) is 5.32 Å². The summed E-state index contributed by atoms with van der Waals surface area (Å²) >= 11 is 0. The molecule has 1 heterocycles. The number of nitrogens with one attached hydrogen (secondary N) is 1. The highest BCUT2D eigenvalue weighted by atomic mass is 16.6. The molecule has 0 spiro atoms. The predicted molar refractivity (Wildman–Crippen MR) is 44.8 cm³/mol. The van der Waals surface area contributed by atoms with Gasteiger partial charge in [-0.1, -0.05) is 0 Å². The second-order valence-electron chi connectivity index (χ2n) is 3.33. The fraction of sp³-hybridized carbons (Fsp3) is 0.875. The first kappa shape index (κ1) is 10.4. The van der Waals surface area contributed by atoms with Gasteiger partial charge < -0.3 is 20.3 Å². The SMILES string of the molecule is CC(=O)N[C@@H]1C[C@@H](O)O[C@@H](C)[C@@H]1O. The number of ether oxygens (including phenoxy) is 1. The highest BCUT2D eigenvalue weighted by molar-refractivity contribution is 5.73. The Morgan fingerprint density at radius 2 is 2.15 bits per heavy atom. The molecule has 1 aliphatic heterocycles. The molecule has 1 aliphatic rings. The van der Waals surface area contributed by atoms with E-state index in [9.17, 15) is 15.0 Å². The summed E-state index contributed by atoms with van der Waals surface area (Å²) in [7, 11) is 0. The lowest BCUT2D eigenvalue weighted by Crippen LogP contribution is -2.54. The molecule has 0 saturated carbocycles. The lowest BCUT2D eigenvalue weighted by atomic mass is 10.00. The van der Waals surface area contributed by atoms with Crippen molar-refractivity contribution in [2.24, 2.45) is 0 Å². The molecule has 13 heavy (non-hydrogen) atoms. The lowest BCUT2D eigenvalue weighted by Gasteiger charge is -2.35. The van der Waals surface area contributed by atoms with Crippen LogP contribution in [-0.2, 0) is 9.53 Å². The van der Waals surface area contributed by atoms with Gasteiger partial charge in [0, 0.05) is 13.3 Å². The van der Waals surface area contributed by atoms with E-state index in [0.717, 1.165) is 0 Å². The van der Waals surface area contributed by atoms with Crippen molar-refractivity contribution in [3.05, 3.63) is 0 Å². The fourth-order valence-electron chi connectivity index (χ4n) is 1.47. The van der Waals surface area contributed by atoms with E-state index in [1.165, 1.54) is 6.92 Å². The van der Waals surface area contributed by atoms with Gasteiger partial charge in [-0.2, -0.15) is 0 Å². The molecule has 0 aromatic carbocycles. The van der Waals surface area contributed by atoms with Crippen molar-refractivity contribution in [2.45, 2.75) is 44.8 Å². The third-order valence-electron chi connectivity index (χ3n) is 2.11. The van der Waals surface area contributed by atoms with Crippen LogP contribution < -0.4 is 5.32 Å². The van der Waals surface area contributed by atoms with Crippen LogP contribution in [0.3, 0.4) is 0 Å². The molecule has 5 nitrogen and oxygen atoms in total. The van der Waals surface area contributed by atoms with Crippen LogP contribution in [0.25, 0.3) is 0 Å². The van der Waals surface area contributed by atoms with Crippen molar-refractivity contribution >= 4 is 5.91 Å². The van der Waals surface area contributed by atoms with Gasteiger partial charge >= 0.3 is 0 Å². The molecule has 0 unspecified atom stereocenters. The quantitative estimate of drug-likeness (QED) is 0.493. The summed E-state index contributed by atoms with van der Waals surface area (Å²) in [5, 5.41) is 21.3. The number of aliphatic hydroxyl groups excluding tert-OH is 2. The van der Waals surface area contributed by atoms with Gasteiger partial charge in [0.25, 0.3) is 0 Å². The molecule has 76 valence electrons. The Morgan fingerprint density at radius 3 is 2.69 bits per heavy atom. The molecule has 4 atom stereocenters. The van der Waals surface area contributed by atoms with E-state index in [-0.39, 0.29) is 12.3 Å². The average molecular weight is 189 g/mol. The van der Waals surface area contributed by atoms with E-state index in [1.54, 1.807) is 6.92 Å². The zero-order valence-corrected chi connectivity index (χ0v) is 7.73. The van der Waals surface area contributed by atoms with E-state index in [1.807, 2.05) is 0 Å². The number of hydrogen-bond acceptors (Lipinski definition) is 4. The Kier molecular flexibility index (Phi) is 3.24. The number of carbonyl (C=O) groups excluding carboxylic acids is 1. The van der Waals surface area contributed by atoms with Crippen LogP contribution >= 0.6 is 0 Å². The minimum Gasteiger partial charge on any atom is -0.388 e. The van der Waals surface area contributed by atoms with Crippen molar-refractivity contribution in [2.75, 3.05) is 0 Å². The summed E-state index contributed by atoms with van der Waals surface area (Å²) in [5.41, 5.74) is 0. The molecule has 0 bridgehead atoms. The topological polar surface area (TPSA) is 78.8 Å². The summed E-state index contributed by atoms with van der Waals surface area (Å²) in [5.74, 6) is -0.217. The predicted octanol–water partition coefficient (Wildman–Crippen LogP) is -1.02. The first-order valence-corrected chi connectivity index (χ1v) is 4.29. The Hall–Kier alpha value is -0.650. The van der Waals surface area contributed by atoms with Gasteiger partial charge in [-0.05, 0) is 6.92 Å². The summed E-state index contributed by atoms with van der Waals surface area (Å²) in [6, 6.07) is -0.420. The number of carbonyl (C=O) groups is 1. The molecule has 1 amide bonds. The lowest BCUT2D eigenvalue weighted by molar-refractivity contribution is -0.202. The molecule has 5 heteroatoms. The highest BCUT2D eigenvalue weighted by Crippen LogP contribution is 2.18. The van der Waals surface area contributed by atoms with Crippen LogP contribution in [0.1, 0.15) is 20.3 Å². The van der Waals surface area contributed by atoms with Crippen LogP contribution in [0.4, 0.5) is 0 Å². The van der Waals surface area contributed by atoms with Crippen molar-refractivity contribution in [3.8, 4) is 0 Å². The van der Waals surface area contributed by atoms with Crippen LogP contribution in [0, 0.1) is 0 Å². The molecule has 1 saturated heterocycles. The molecule has 0 aliphatic carbocycles. The van der Waals surface area contributed by atoms with Gasteiger partial charge in [0.2, 0.25) is 5.91 Å². The van der Waals surface area contributed by atoms with Gasteiger partial charge in [0.15, 0.2) is 6.29 Å². The van der Waals surface area contributed by atoms with E-state index >= 15 is 0 Å². The maximum absolute atomic E-state index is 10.7. The Bertz CT molecular complexity index is 197. The summed E-state index contributed by atoms with van der Waals surface area (Å²) < 4.78 is 4.96. The fourth-order valence-corrected chi connectivity index (χ4v) is 1.47. The van der Waals surface area contributed by atoms with Crippen molar-refractivity contribution in [1.29, 1.82) is 0 Å². The second-order valence-corrected chi connectivity index (χ2v) is 3.33. The first-order valence-electron chi connectivity index (χ1n) is 4.29. The third kappa shape index (κ3) is 2.65. The van der Waals surface area contributed by atoms with Crippen molar-refractivity contribution < 1.29 is 19.7 Å². The minimum absolute atomic E-state index is 0.217. The average Bonchev–Trinajstić information content (AvgIpc) is 1.98. The maximum Gasteiger partial charge on any atom is 0.217 e. The van der Waals surface area contributed by atoms with Gasteiger partial charge in [-0.3, -0.25) is 4.79 Å². The molecular weight excluding hydrogens is 174 g/mol. The number of hydrogen-bond donors (Lipinski definition) is 3. The maximum atomic E-state index is 10.7. The van der Waals surface area contributed by atoms with Crippen molar-refractivity contribution in [3.63, 3.8) is 0 Å². The normalized spacial score (nSPS) is 40.0. The minimum atomic E-state index is -0.907. The molecular formula is C8H15NO4. The Labute approximate surface area is 76.7 Å². The van der Waals surface area contributed by atoms with Crippen LogP contribution in [0.15, 0.2) is 0 Å². The standard InChI is InChI=1S/C8H15NO4/c1-4-8(12)6(9-5(2)10)3-7(11)13-4/h4,6-8,11-12H,3H2,1-2H3,(H,9,10)/t4-,6+,7-,8-/m0/s1. The van der Waals surface area contributed by atoms with Crippen LogP contribution in [0.2, 0.25) is 0 Å². The molecule has 1 rings (SSSR count). The number of rotatable bonds is 1. The zero-order chi connectivity index (χ0) is 10.0. The summed E-state index contributed by atoms with van der Waals surface area (Å²) in [6.45, 7) is 3.03. The number of aliphatic hydroxyl groups is 2. The smallest absolute Gasteiger partial charge is 0.217 e. The highest BCUT2D eigenvalue weighted by Gasteiger charge is 2.34.